The van der Waals surface area contributed by atoms with Crippen molar-refractivity contribution >= 4 is 11.4 Å². The van der Waals surface area contributed by atoms with Crippen LogP contribution in [0.4, 0.5) is 0 Å². The van der Waals surface area contributed by atoms with Crippen LogP contribution in [-0.2, 0) is 11.2 Å². The lowest BCUT2D eigenvalue weighted by Gasteiger charge is -2.23. The molecule has 1 saturated heterocycles. The van der Waals surface area contributed by atoms with Gasteiger partial charge in [0.1, 0.15) is 0 Å². The Bertz CT molecular complexity index is 921. The van der Waals surface area contributed by atoms with Crippen LogP contribution in [-0.4, -0.2) is 51.5 Å². The highest BCUT2D eigenvalue weighted by Gasteiger charge is 2.24. The van der Waals surface area contributed by atoms with Crippen molar-refractivity contribution in [1.82, 2.24) is 19.3 Å². The van der Waals surface area contributed by atoms with Gasteiger partial charge in [0, 0.05) is 50.0 Å². The lowest BCUT2D eigenvalue weighted by molar-refractivity contribution is 0.0736. The van der Waals surface area contributed by atoms with Gasteiger partial charge in [0.25, 0.3) is 5.91 Å². The number of carbonyl (C=O) groups is 1. The predicted molar refractivity (Wildman–Crippen MR) is 98.1 cm³/mol. The van der Waals surface area contributed by atoms with Gasteiger partial charge in [0.05, 0.1) is 30.0 Å². The van der Waals surface area contributed by atoms with Crippen LogP contribution in [0.15, 0.2) is 49.2 Å². The molecule has 0 N–H and O–H groups in total. The minimum Gasteiger partial charge on any atom is -0.379 e. The van der Waals surface area contributed by atoms with E-state index in [0.717, 1.165) is 23.2 Å². The molecule has 4 rings (SSSR count). The fraction of sp³-hybridized carbons (Fsp3) is 0.350. The Labute approximate surface area is 152 Å². The predicted octanol–water partition coefficient (Wildman–Crippen LogP) is 2.37. The van der Waals surface area contributed by atoms with Crippen LogP contribution in [0.25, 0.3) is 5.52 Å². The first-order chi connectivity index (χ1) is 12.7. The molecular formula is C20H22N4O2. The molecule has 0 radical (unpaired) electrons. The second-order valence-corrected chi connectivity index (χ2v) is 6.82. The molecule has 0 saturated carbocycles. The lowest BCUT2D eigenvalue weighted by atomic mass is 10.0. The summed E-state index contributed by atoms with van der Waals surface area (Å²) in [4.78, 5) is 23.5. The van der Waals surface area contributed by atoms with Gasteiger partial charge in [-0.25, -0.2) is 0 Å². The van der Waals surface area contributed by atoms with Gasteiger partial charge in [-0.15, -0.1) is 0 Å². The molecule has 6 heteroatoms. The van der Waals surface area contributed by atoms with E-state index in [1.54, 1.807) is 12.4 Å². The monoisotopic (exact) mass is 350 g/mol. The molecule has 1 aliphatic heterocycles. The lowest BCUT2D eigenvalue weighted by Crippen LogP contribution is -2.36. The second-order valence-electron chi connectivity index (χ2n) is 6.82. The molecule has 1 amide bonds. The third-order valence-electron chi connectivity index (χ3n) is 4.76. The first-order valence-electron chi connectivity index (χ1n) is 8.90. The van der Waals surface area contributed by atoms with Gasteiger partial charge in [-0.05, 0) is 37.1 Å². The quantitative estimate of drug-likeness (QED) is 0.728. The van der Waals surface area contributed by atoms with Crippen molar-refractivity contribution < 1.29 is 9.53 Å². The maximum atomic E-state index is 12.9. The number of ether oxygens (including phenoxy) is 1. The minimum absolute atomic E-state index is 0.0190. The zero-order valence-corrected chi connectivity index (χ0v) is 14.8. The van der Waals surface area contributed by atoms with Crippen molar-refractivity contribution in [2.45, 2.75) is 13.3 Å². The third-order valence-corrected chi connectivity index (χ3v) is 4.76. The summed E-state index contributed by atoms with van der Waals surface area (Å²) in [5, 5.41) is 0. The molecule has 6 nitrogen and oxygen atoms in total. The first kappa shape index (κ1) is 16.7. The number of pyridine rings is 1. The SMILES string of the molecule is Cc1cncc(C(=O)N2CCOCC(Cc3nccn4cccc34)C2)c1. The molecule has 0 bridgehead atoms. The third kappa shape index (κ3) is 3.46. The molecule has 1 atom stereocenters. The molecule has 1 unspecified atom stereocenters. The molecule has 1 aliphatic rings. The number of hydrogen-bond acceptors (Lipinski definition) is 4. The molecule has 4 heterocycles. The number of carbonyl (C=O) groups excluding carboxylic acids is 1. The van der Waals surface area contributed by atoms with Gasteiger partial charge in [0.2, 0.25) is 0 Å². The van der Waals surface area contributed by atoms with E-state index in [4.69, 9.17) is 4.74 Å². The Morgan fingerprint density at radius 1 is 1.35 bits per heavy atom. The molecule has 1 fully saturated rings. The van der Waals surface area contributed by atoms with Crippen molar-refractivity contribution in [1.29, 1.82) is 0 Å². The maximum Gasteiger partial charge on any atom is 0.255 e. The van der Waals surface area contributed by atoms with Gasteiger partial charge in [-0.3, -0.25) is 14.8 Å². The molecule has 134 valence electrons. The van der Waals surface area contributed by atoms with Gasteiger partial charge in [-0.2, -0.15) is 0 Å². The fourth-order valence-corrected chi connectivity index (χ4v) is 3.50. The largest absolute Gasteiger partial charge is 0.379 e. The summed E-state index contributed by atoms with van der Waals surface area (Å²) in [5.41, 5.74) is 3.77. The van der Waals surface area contributed by atoms with Crippen molar-refractivity contribution in [3.8, 4) is 0 Å². The van der Waals surface area contributed by atoms with E-state index < -0.39 is 0 Å². The van der Waals surface area contributed by atoms with Crippen LogP contribution >= 0.6 is 0 Å². The van der Waals surface area contributed by atoms with E-state index in [1.165, 1.54) is 0 Å². The smallest absolute Gasteiger partial charge is 0.255 e. The highest BCUT2D eigenvalue weighted by molar-refractivity contribution is 5.94. The number of hydrogen-bond donors (Lipinski definition) is 0. The molecule has 3 aromatic heterocycles. The molecule has 0 aliphatic carbocycles. The van der Waals surface area contributed by atoms with E-state index in [0.29, 0.717) is 31.9 Å². The van der Waals surface area contributed by atoms with Crippen molar-refractivity contribution in [2.75, 3.05) is 26.3 Å². The molecule has 3 aromatic rings. The van der Waals surface area contributed by atoms with E-state index >= 15 is 0 Å². The standard InChI is InChI=1S/C20H22N4O2/c1-15-9-17(12-21-11-15)20(25)24-7-8-26-14-16(13-24)10-18-19-3-2-5-23(19)6-4-22-18/h2-6,9,11-12,16H,7-8,10,13-14H2,1H3. The van der Waals surface area contributed by atoms with Crippen LogP contribution in [0.3, 0.4) is 0 Å². The van der Waals surface area contributed by atoms with E-state index in [1.807, 2.05) is 42.5 Å². The number of amides is 1. The Balaban J connectivity index is 1.52. The molecule has 26 heavy (non-hydrogen) atoms. The van der Waals surface area contributed by atoms with Crippen LogP contribution in [0.2, 0.25) is 0 Å². The average molecular weight is 350 g/mol. The topological polar surface area (TPSA) is 59.7 Å². The summed E-state index contributed by atoms with van der Waals surface area (Å²) in [6.45, 7) is 4.41. The van der Waals surface area contributed by atoms with Crippen LogP contribution in [0, 0.1) is 12.8 Å². The van der Waals surface area contributed by atoms with Crippen molar-refractivity contribution in [2.24, 2.45) is 5.92 Å². The molecular weight excluding hydrogens is 328 g/mol. The van der Waals surface area contributed by atoms with Gasteiger partial charge in [0.15, 0.2) is 0 Å². The Morgan fingerprint density at radius 3 is 3.15 bits per heavy atom. The van der Waals surface area contributed by atoms with Gasteiger partial charge >= 0.3 is 0 Å². The fourth-order valence-electron chi connectivity index (χ4n) is 3.50. The minimum atomic E-state index is 0.0190. The van der Waals surface area contributed by atoms with Gasteiger partial charge < -0.3 is 14.0 Å². The molecule has 0 spiro atoms. The summed E-state index contributed by atoms with van der Waals surface area (Å²) >= 11 is 0. The zero-order valence-electron chi connectivity index (χ0n) is 14.8. The van der Waals surface area contributed by atoms with E-state index in [-0.39, 0.29) is 11.8 Å². The van der Waals surface area contributed by atoms with Crippen LogP contribution < -0.4 is 0 Å². The highest BCUT2D eigenvalue weighted by Crippen LogP contribution is 2.18. The summed E-state index contributed by atoms with van der Waals surface area (Å²) in [7, 11) is 0. The number of nitrogens with zero attached hydrogens (tertiary/aromatic N) is 4. The summed E-state index contributed by atoms with van der Waals surface area (Å²) < 4.78 is 7.84. The summed E-state index contributed by atoms with van der Waals surface area (Å²) in [6, 6.07) is 5.98. The van der Waals surface area contributed by atoms with Crippen molar-refractivity contribution in [3.05, 3.63) is 66.0 Å². The Hall–Kier alpha value is -2.73. The number of fused-ring (bicyclic) bond motifs is 1. The Morgan fingerprint density at radius 2 is 2.27 bits per heavy atom. The van der Waals surface area contributed by atoms with Gasteiger partial charge in [-0.1, -0.05) is 0 Å². The zero-order chi connectivity index (χ0) is 17.9. The summed E-state index contributed by atoms with van der Waals surface area (Å²) in [6.07, 6.45) is 9.97. The van der Waals surface area contributed by atoms with E-state index in [2.05, 4.69) is 20.4 Å². The first-order valence-corrected chi connectivity index (χ1v) is 8.90. The average Bonchev–Trinajstić information content (AvgIpc) is 3.01. The van der Waals surface area contributed by atoms with E-state index in [9.17, 15) is 4.79 Å². The molecule has 0 aromatic carbocycles. The number of aryl methyl sites for hydroxylation is 1. The highest BCUT2D eigenvalue weighted by atomic mass is 16.5. The maximum absolute atomic E-state index is 12.9. The van der Waals surface area contributed by atoms with Crippen LogP contribution in [0.5, 0.6) is 0 Å². The van der Waals surface area contributed by atoms with Crippen LogP contribution in [0.1, 0.15) is 21.6 Å². The summed E-state index contributed by atoms with van der Waals surface area (Å²) in [5.74, 6) is 0.235. The number of rotatable bonds is 3. The number of aromatic nitrogens is 3. The van der Waals surface area contributed by atoms with Crippen molar-refractivity contribution in [3.63, 3.8) is 0 Å². The second kappa shape index (κ2) is 7.25. The Kier molecular flexibility index (Phi) is 4.67. The normalized spacial score (nSPS) is 18.0.